The predicted octanol–water partition coefficient (Wildman–Crippen LogP) is 4.38. The van der Waals surface area contributed by atoms with Gasteiger partial charge in [-0.05, 0) is 56.5 Å². The Morgan fingerprint density at radius 1 is 1.04 bits per heavy atom. The van der Waals surface area contributed by atoms with Crippen molar-refractivity contribution < 1.29 is 14.3 Å². The number of rotatable bonds is 6. The Kier molecular flexibility index (Phi) is 6.69. The van der Waals surface area contributed by atoms with Crippen LogP contribution in [-0.4, -0.2) is 24.5 Å². The molecule has 148 valence electrons. The smallest absolute Gasteiger partial charge is 0.262 e. The zero-order valence-corrected chi connectivity index (χ0v) is 16.6. The summed E-state index contributed by atoms with van der Waals surface area (Å²) in [5.41, 5.74) is 3.29. The van der Waals surface area contributed by atoms with Crippen molar-refractivity contribution in [1.29, 1.82) is 0 Å². The maximum atomic E-state index is 12.5. The summed E-state index contributed by atoms with van der Waals surface area (Å²) in [5.74, 6) is 0.348. The number of benzene rings is 2. The van der Waals surface area contributed by atoms with E-state index in [2.05, 4.69) is 10.6 Å². The number of carbonyl (C=O) groups is 2. The van der Waals surface area contributed by atoms with Crippen molar-refractivity contribution >= 4 is 17.5 Å². The van der Waals surface area contributed by atoms with Crippen LogP contribution in [0.5, 0.6) is 5.75 Å². The van der Waals surface area contributed by atoms with Crippen molar-refractivity contribution in [2.45, 2.75) is 52.0 Å². The zero-order chi connectivity index (χ0) is 19.9. The number of aryl methyl sites for hydroxylation is 2. The highest BCUT2D eigenvalue weighted by Gasteiger charge is 2.17. The van der Waals surface area contributed by atoms with E-state index >= 15 is 0 Å². The fourth-order valence-electron chi connectivity index (χ4n) is 3.56. The third-order valence-electron chi connectivity index (χ3n) is 5.04. The number of carbonyl (C=O) groups excluding carboxylic acids is 2. The number of amides is 2. The van der Waals surface area contributed by atoms with Gasteiger partial charge in [0.1, 0.15) is 5.75 Å². The Labute approximate surface area is 166 Å². The van der Waals surface area contributed by atoms with Gasteiger partial charge < -0.3 is 15.4 Å². The monoisotopic (exact) mass is 380 g/mol. The predicted molar refractivity (Wildman–Crippen MR) is 111 cm³/mol. The molecule has 2 aromatic carbocycles. The molecule has 1 fully saturated rings. The summed E-state index contributed by atoms with van der Waals surface area (Å²) in [7, 11) is 0. The first-order valence-corrected chi connectivity index (χ1v) is 9.92. The van der Waals surface area contributed by atoms with Gasteiger partial charge in [0.05, 0.1) is 0 Å². The normalized spacial score (nSPS) is 14.4. The van der Waals surface area contributed by atoms with E-state index in [9.17, 15) is 9.59 Å². The van der Waals surface area contributed by atoms with Crippen molar-refractivity contribution in [1.82, 2.24) is 5.32 Å². The number of ether oxygens (including phenoxy) is 1. The fourth-order valence-corrected chi connectivity index (χ4v) is 3.56. The van der Waals surface area contributed by atoms with Crippen LogP contribution in [0.1, 0.15) is 53.6 Å². The van der Waals surface area contributed by atoms with Crippen LogP contribution in [-0.2, 0) is 4.79 Å². The minimum atomic E-state index is -0.259. The van der Waals surface area contributed by atoms with Gasteiger partial charge in [-0.1, -0.05) is 43.0 Å². The number of hydrogen-bond acceptors (Lipinski definition) is 3. The lowest BCUT2D eigenvalue weighted by molar-refractivity contribution is -0.118. The maximum absolute atomic E-state index is 12.5. The molecule has 0 aliphatic heterocycles. The van der Waals surface area contributed by atoms with Gasteiger partial charge in [-0.3, -0.25) is 9.59 Å². The van der Waals surface area contributed by atoms with Gasteiger partial charge in [0.15, 0.2) is 6.61 Å². The quantitative estimate of drug-likeness (QED) is 0.781. The van der Waals surface area contributed by atoms with Gasteiger partial charge in [-0.2, -0.15) is 0 Å². The molecule has 0 unspecified atom stereocenters. The summed E-state index contributed by atoms with van der Waals surface area (Å²) >= 11 is 0. The van der Waals surface area contributed by atoms with Gasteiger partial charge in [-0.15, -0.1) is 0 Å². The first-order valence-electron chi connectivity index (χ1n) is 9.92. The van der Waals surface area contributed by atoms with E-state index < -0.39 is 0 Å². The summed E-state index contributed by atoms with van der Waals surface area (Å²) < 4.78 is 5.61. The van der Waals surface area contributed by atoms with Crippen molar-refractivity contribution in [3.05, 3.63) is 59.2 Å². The molecule has 3 rings (SSSR count). The van der Waals surface area contributed by atoms with Crippen molar-refractivity contribution in [2.24, 2.45) is 0 Å². The maximum Gasteiger partial charge on any atom is 0.262 e. The minimum absolute atomic E-state index is 0.0810. The van der Waals surface area contributed by atoms with Crippen LogP contribution in [0, 0.1) is 13.8 Å². The van der Waals surface area contributed by atoms with Gasteiger partial charge in [0.25, 0.3) is 11.8 Å². The average Bonchev–Trinajstić information content (AvgIpc) is 2.68. The Hall–Kier alpha value is -2.82. The Balaban J connectivity index is 1.54. The van der Waals surface area contributed by atoms with Crippen molar-refractivity contribution in [3.63, 3.8) is 0 Å². The Morgan fingerprint density at radius 3 is 2.57 bits per heavy atom. The third kappa shape index (κ3) is 5.59. The zero-order valence-electron chi connectivity index (χ0n) is 16.6. The lowest BCUT2D eigenvalue weighted by atomic mass is 9.95. The number of anilines is 1. The highest BCUT2D eigenvalue weighted by molar-refractivity contribution is 5.97. The molecule has 0 spiro atoms. The molecule has 0 radical (unpaired) electrons. The highest BCUT2D eigenvalue weighted by atomic mass is 16.5. The minimum Gasteiger partial charge on any atom is -0.483 e. The van der Waals surface area contributed by atoms with E-state index in [1.165, 1.54) is 19.3 Å². The van der Waals surface area contributed by atoms with Gasteiger partial charge in [-0.25, -0.2) is 0 Å². The molecule has 0 atom stereocenters. The van der Waals surface area contributed by atoms with Crippen LogP contribution in [0.4, 0.5) is 5.69 Å². The molecule has 2 amide bonds. The lowest BCUT2D eigenvalue weighted by Gasteiger charge is -2.22. The second kappa shape index (κ2) is 9.40. The van der Waals surface area contributed by atoms with E-state index in [4.69, 9.17) is 4.74 Å². The van der Waals surface area contributed by atoms with Crippen molar-refractivity contribution in [3.8, 4) is 5.75 Å². The molecule has 0 bridgehead atoms. The fraction of sp³-hybridized carbons (Fsp3) is 0.391. The SMILES string of the molecule is Cc1ccc(OCC(=O)Nc2cccc(C(=O)NC3CCCCC3)c2)c(C)c1. The van der Waals surface area contributed by atoms with Crippen LogP contribution >= 0.6 is 0 Å². The lowest BCUT2D eigenvalue weighted by Crippen LogP contribution is -2.36. The Bertz CT molecular complexity index is 841. The van der Waals surface area contributed by atoms with Crippen LogP contribution in [0.3, 0.4) is 0 Å². The molecule has 2 N–H and O–H groups in total. The first kappa shape index (κ1) is 19.9. The summed E-state index contributed by atoms with van der Waals surface area (Å²) in [4.78, 5) is 24.7. The largest absolute Gasteiger partial charge is 0.483 e. The summed E-state index contributed by atoms with van der Waals surface area (Å²) in [6.45, 7) is 3.89. The molecule has 5 nitrogen and oxygen atoms in total. The van der Waals surface area contributed by atoms with E-state index in [0.29, 0.717) is 17.0 Å². The van der Waals surface area contributed by atoms with Crippen molar-refractivity contribution in [2.75, 3.05) is 11.9 Å². The average molecular weight is 380 g/mol. The third-order valence-corrected chi connectivity index (χ3v) is 5.04. The second-order valence-corrected chi connectivity index (χ2v) is 7.50. The first-order chi connectivity index (χ1) is 13.5. The van der Waals surface area contributed by atoms with Crippen LogP contribution in [0.25, 0.3) is 0 Å². The second-order valence-electron chi connectivity index (χ2n) is 7.50. The summed E-state index contributed by atoms with van der Waals surface area (Å²) in [5, 5.41) is 5.89. The molecular weight excluding hydrogens is 352 g/mol. The summed E-state index contributed by atoms with van der Waals surface area (Å²) in [6.07, 6.45) is 5.66. The highest BCUT2D eigenvalue weighted by Crippen LogP contribution is 2.20. The van der Waals surface area contributed by atoms with Crippen LogP contribution < -0.4 is 15.4 Å². The Morgan fingerprint density at radius 2 is 1.82 bits per heavy atom. The molecule has 1 aliphatic carbocycles. The molecule has 0 heterocycles. The molecule has 28 heavy (non-hydrogen) atoms. The molecule has 0 aromatic heterocycles. The molecule has 1 saturated carbocycles. The number of hydrogen-bond donors (Lipinski definition) is 2. The topological polar surface area (TPSA) is 67.4 Å². The number of nitrogens with one attached hydrogen (secondary N) is 2. The van der Waals surface area contributed by atoms with E-state index in [1.807, 2.05) is 32.0 Å². The van der Waals surface area contributed by atoms with Crippen LogP contribution in [0.2, 0.25) is 0 Å². The van der Waals surface area contributed by atoms with Crippen LogP contribution in [0.15, 0.2) is 42.5 Å². The molecule has 0 saturated heterocycles. The van der Waals surface area contributed by atoms with Gasteiger partial charge in [0.2, 0.25) is 0 Å². The molecular formula is C23H28N2O3. The van der Waals surface area contributed by atoms with Gasteiger partial charge >= 0.3 is 0 Å². The van der Waals surface area contributed by atoms with E-state index in [1.54, 1.807) is 24.3 Å². The van der Waals surface area contributed by atoms with Gasteiger partial charge in [0, 0.05) is 17.3 Å². The van der Waals surface area contributed by atoms with E-state index in [0.717, 1.165) is 24.0 Å². The standard InChI is InChI=1S/C23H28N2O3/c1-16-11-12-21(17(2)13-16)28-15-22(26)24-20-10-6-7-18(14-20)23(27)25-19-8-4-3-5-9-19/h6-7,10-14,19H,3-5,8-9,15H2,1-2H3,(H,24,26)(H,25,27). The molecule has 5 heteroatoms. The van der Waals surface area contributed by atoms with E-state index in [-0.39, 0.29) is 24.5 Å². The summed E-state index contributed by atoms with van der Waals surface area (Å²) in [6, 6.07) is 13.1. The molecule has 2 aromatic rings. The molecule has 1 aliphatic rings.